The molecule has 0 saturated carbocycles. The lowest BCUT2D eigenvalue weighted by Crippen LogP contribution is -2.60. The van der Waals surface area contributed by atoms with E-state index in [-0.39, 0.29) is 0 Å². The second kappa shape index (κ2) is 6.90. The van der Waals surface area contributed by atoms with Gasteiger partial charge in [-0.15, -0.1) is 0 Å². The first-order valence-electron chi connectivity index (χ1n) is 10.2. The molecule has 0 radical (unpaired) electrons. The zero-order valence-electron chi connectivity index (χ0n) is 17.9. The van der Waals surface area contributed by atoms with Crippen LogP contribution in [0.2, 0.25) is 6.55 Å². The van der Waals surface area contributed by atoms with Crippen LogP contribution in [0.1, 0.15) is 45.8 Å². The Labute approximate surface area is 171 Å². The van der Waals surface area contributed by atoms with Crippen molar-refractivity contribution in [2.75, 3.05) is 0 Å². The van der Waals surface area contributed by atoms with E-state index in [4.69, 9.17) is 0 Å². The van der Waals surface area contributed by atoms with Gasteiger partial charge in [-0.1, -0.05) is 111 Å². The fourth-order valence-corrected chi connectivity index (χ4v) is 10.3. The smallest absolute Gasteiger partial charge is 0.0672 e. The van der Waals surface area contributed by atoms with Gasteiger partial charge in [-0.05, 0) is 45.7 Å². The highest BCUT2D eigenvalue weighted by molar-refractivity contribution is 7.02. The van der Waals surface area contributed by atoms with Gasteiger partial charge in [-0.25, -0.2) is 0 Å². The Morgan fingerprint density at radius 1 is 0.643 bits per heavy atom. The maximum Gasteiger partial charge on any atom is 0.126 e. The van der Waals surface area contributed by atoms with Crippen LogP contribution in [-0.4, -0.2) is 8.07 Å². The van der Waals surface area contributed by atoms with E-state index in [9.17, 15) is 0 Å². The maximum absolute atomic E-state index is 2.58. The Bertz CT molecular complexity index is 995. The Balaban J connectivity index is 2.04. The Hall–Kier alpha value is -2.38. The minimum Gasteiger partial charge on any atom is -0.0672 e. The zero-order valence-corrected chi connectivity index (χ0v) is 18.9. The zero-order chi connectivity index (χ0) is 20.1. The molecule has 0 nitrogen and oxygen atoms in total. The van der Waals surface area contributed by atoms with Gasteiger partial charge in [0.05, 0.1) is 0 Å². The highest BCUT2D eigenvalue weighted by atomic mass is 28.3. The summed E-state index contributed by atoms with van der Waals surface area (Å²) in [5.74, 6) is 0. The van der Waals surface area contributed by atoms with Gasteiger partial charge in [0.25, 0.3) is 0 Å². The molecule has 4 rings (SSSR count). The molecule has 28 heavy (non-hydrogen) atoms. The third-order valence-electron chi connectivity index (χ3n) is 6.37. The van der Waals surface area contributed by atoms with Crippen LogP contribution in [0, 0.1) is 27.7 Å². The van der Waals surface area contributed by atoms with Crippen LogP contribution >= 0.6 is 0 Å². The predicted octanol–water partition coefficient (Wildman–Crippen LogP) is 5.85. The first-order chi connectivity index (χ1) is 13.3. The maximum atomic E-state index is 2.58. The summed E-state index contributed by atoms with van der Waals surface area (Å²) in [5.41, 5.74) is 10.4. The molecule has 142 valence electrons. The van der Waals surface area contributed by atoms with Crippen molar-refractivity contribution in [1.29, 1.82) is 0 Å². The van der Waals surface area contributed by atoms with Gasteiger partial charge in [0.1, 0.15) is 8.07 Å². The average Bonchev–Trinajstić information content (AvgIpc) is 2.95. The van der Waals surface area contributed by atoms with Gasteiger partial charge in [-0.2, -0.15) is 0 Å². The van der Waals surface area contributed by atoms with Gasteiger partial charge >= 0.3 is 0 Å². The number of hydrogen-bond acceptors (Lipinski definition) is 0. The summed E-state index contributed by atoms with van der Waals surface area (Å²) in [4.78, 5) is 0. The minimum atomic E-state index is -2.08. The lowest BCUT2D eigenvalue weighted by molar-refractivity contribution is 1.09. The number of rotatable bonds is 3. The van der Waals surface area contributed by atoms with Gasteiger partial charge in [0, 0.05) is 5.54 Å². The minimum absolute atomic E-state index is 0.478. The molecule has 0 amide bonds. The molecule has 0 bridgehead atoms. The Morgan fingerprint density at radius 3 is 1.61 bits per heavy atom. The van der Waals surface area contributed by atoms with Crippen LogP contribution in [0.15, 0.2) is 66.2 Å². The fraction of sp³-hybridized carbons (Fsp3) is 0.259. The van der Waals surface area contributed by atoms with Crippen molar-refractivity contribution < 1.29 is 0 Å². The largest absolute Gasteiger partial charge is 0.126 e. The summed E-state index contributed by atoms with van der Waals surface area (Å²) in [6.45, 7) is 13.9. The van der Waals surface area contributed by atoms with E-state index in [1.165, 1.54) is 39.0 Å². The van der Waals surface area contributed by atoms with E-state index in [1.807, 2.05) is 0 Å². The Kier molecular flexibility index (Phi) is 4.67. The standard InChI is InChI=1S/C27H30Si/c1-18-11-19(2)14-24(13-18)28(6,25-15-20(3)12-21(4)16-25)27-22(5)17-23-9-7-8-10-26(23)27/h7-17,27H,1-6H3. The first kappa shape index (κ1) is 19.0. The molecule has 0 heterocycles. The number of allylic oxidation sites excluding steroid dienone is 1. The summed E-state index contributed by atoms with van der Waals surface area (Å²) < 4.78 is 0. The van der Waals surface area contributed by atoms with Crippen LogP contribution in [0.25, 0.3) is 6.08 Å². The van der Waals surface area contributed by atoms with Gasteiger partial charge < -0.3 is 0 Å². The molecule has 3 aromatic rings. The van der Waals surface area contributed by atoms with Crippen LogP contribution in [0.3, 0.4) is 0 Å². The van der Waals surface area contributed by atoms with Crippen LogP contribution in [0.5, 0.6) is 0 Å². The molecule has 1 aliphatic rings. The van der Waals surface area contributed by atoms with Gasteiger partial charge in [0.2, 0.25) is 0 Å². The van der Waals surface area contributed by atoms with Crippen LogP contribution in [0.4, 0.5) is 0 Å². The van der Waals surface area contributed by atoms with Crippen molar-refractivity contribution in [1.82, 2.24) is 0 Å². The number of fused-ring (bicyclic) bond motifs is 1. The van der Waals surface area contributed by atoms with Crippen molar-refractivity contribution in [3.63, 3.8) is 0 Å². The molecule has 1 aliphatic carbocycles. The first-order valence-corrected chi connectivity index (χ1v) is 12.8. The van der Waals surface area contributed by atoms with Crippen molar-refractivity contribution in [2.24, 2.45) is 0 Å². The lowest BCUT2D eigenvalue weighted by Gasteiger charge is -2.37. The number of hydrogen-bond donors (Lipinski definition) is 0. The molecule has 3 aromatic carbocycles. The van der Waals surface area contributed by atoms with Crippen molar-refractivity contribution in [3.8, 4) is 0 Å². The number of benzene rings is 3. The quantitative estimate of drug-likeness (QED) is 0.498. The van der Waals surface area contributed by atoms with E-state index in [0.717, 1.165) is 0 Å². The molecule has 0 aromatic heterocycles. The number of aryl methyl sites for hydroxylation is 4. The summed E-state index contributed by atoms with van der Waals surface area (Å²) in [6.07, 6.45) is 2.41. The summed E-state index contributed by atoms with van der Waals surface area (Å²) in [6, 6.07) is 23.4. The van der Waals surface area contributed by atoms with E-state index in [1.54, 1.807) is 10.4 Å². The second-order valence-electron chi connectivity index (χ2n) is 8.91. The average molecular weight is 383 g/mol. The second-order valence-corrected chi connectivity index (χ2v) is 13.0. The molecule has 0 aliphatic heterocycles. The third kappa shape index (κ3) is 3.08. The van der Waals surface area contributed by atoms with E-state index in [0.29, 0.717) is 5.54 Å². The van der Waals surface area contributed by atoms with E-state index < -0.39 is 8.07 Å². The molecule has 1 unspecified atom stereocenters. The SMILES string of the molecule is CC1=Cc2ccccc2C1[Si](C)(c1cc(C)cc(C)c1)c1cc(C)cc(C)c1. The fourth-order valence-electron chi connectivity index (χ4n) is 5.29. The van der Waals surface area contributed by atoms with Crippen LogP contribution < -0.4 is 10.4 Å². The van der Waals surface area contributed by atoms with E-state index in [2.05, 4.69) is 108 Å². The van der Waals surface area contributed by atoms with Gasteiger partial charge in [-0.3, -0.25) is 0 Å². The molecular formula is C27H30Si. The molecule has 1 heteroatoms. The van der Waals surface area contributed by atoms with Crippen molar-refractivity contribution in [3.05, 3.63) is 99.6 Å². The van der Waals surface area contributed by atoms with E-state index >= 15 is 0 Å². The lowest BCUT2D eigenvalue weighted by atomic mass is 10.1. The van der Waals surface area contributed by atoms with Crippen molar-refractivity contribution >= 4 is 24.5 Å². The summed E-state index contributed by atoms with van der Waals surface area (Å²) in [5, 5.41) is 3.09. The molecule has 0 fully saturated rings. The molecule has 0 spiro atoms. The molecule has 0 N–H and O–H groups in total. The van der Waals surface area contributed by atoms with Crippen LogP contribution in [-0.2, 0) is 0 Å². The monoisotopic (exact) mass is 382 g/mol. The highest BCUT2D eigenvalue weighted by Crippen LogP contribution is 2.42. The molecular weight excluding hydrogens is 352 g/mol. The summed E-state index contributed by atoms with van der Waals surface area (Å²) >= 11 is 0. The normalized spacial score (nSPS) is 16.1. The predicted molar refractivity (Wildman–Crippen MR) is 126 cm³/mol. The third-order valence-corrected chi connectivity index (χ3v) is 11.3. The Morgan fingerprint density at radius 2 is 1.11 bits per heavy atom. The topological polar surface area (TPSA) is 0 Å². The van der Waals surface area contributed by atoms with Gasteiger partial charge in [0.15, 0.2) is 0 Å². The van der Waals surface area contributed by atoms with Crippen molar-refractivity contribution in [2.45, 2.75) is 46.7 Å². The molecule has 0 saturated heterocycles. The molecule has 1 atom stereocenters. The highest BCUT2D eigenvalue weighted by Gasteiger charge is 2.44. The summed E-state index contributed by atoms with van der Waals surface area (Å²) in [7, 11) is -2.08.